The number of rotatable bonds is 9. The fourth-order valence-corrected chi connectivity index (χ4v) is 4.07. The van der Waals surface area contributed by atoms with Crippen LogP contribution in [0, 0.1) is 13.8 Å². The molecule has 13 nitrogen and oxygen atoms in total. The lowest BCUT2D eigenvalue weighted by Crippen LogP contribution is -2.31. The Morgan fingerprint density at radius 2 is 1.74 bits per heavy atom. The molecule has 13 heteroatoms. The molecule has 204 valence electrons. The van der Waals surface area contributed by atoms with Gasteiger partial charge in [-0.2, -0.15) is 5.10 Å². The summed E-state index contributed by atoms with van der Waals surface area (Å²) >= 11 is 0. The fraction of sp³-hybridized carbons (Fsp3) is 0.385. The van der Waals surface area contributed by atoms with Gasteiger partial charge in [-0.15, -0.1) is 0 Å². The lowest BCUT2D eigenvalue weighted by atomic mass is 10.1. The smallest absolute Gasteiger partial charge is 0.423 e. The van der Waals surface area contributed by atoms with E-state index in [1.54, 1.807) is 38.2 Å². The number of aliphatic hydroxyl groups excluding tert-OH is 1. The van der Waals surface area contributed by atoms with Crippen LogP contribution in [0.5, 0.6) is 0 Å². The number of nitrogens with zero attached hydrogens (tertiary/aromatic N) is 4. The van der Waals surface area contributed by atoms with Gasteiger partial charge >= 0.3 is 12.1 Å². The van der Waals surface area contributed by atoms with Crippen LogP contribution >= 0.6 is 0 Å². The van der Waals surface area contributed by atoms with Crippen LogP contribution in [0.15, 0.2) is 30.7 Å². The summed E-state index contributed by atoms with van der Waals surface area (Å²) in [5.74, 6) is -1.42. The first-order valence-corrected chi connectivity index (χ1v) is 12.6. The number of aryl methyl sites for hydroxylation is 2. The summed E-state index contributed by atoms with van der Waals surface area (Å²) < 4.78 is 11.4. The van der Waals surface area contributed by atoms with Crippen LogP contribution < -0.4 is 15.5 Å². The SMILES string of the molecule is Cc1ccc(C(=O)NC2CC2)cc1N(C(=O)OCOC(=O)CO)c1ncnn2cc(C(=O)NC3CC3)c(C)c12. The molecule has 2 fully saturated rings. The lowest BCUT2D eigenvalue weighted by Gasteiger charge is -2.24. The second-order valence-corrected chi connectivity index (χ2v) is 9.58. The van der Waals surface area contributed by atoms with Crippen LogP contribution in [-0.4, -0.2) is 69.1 Å². The summed E-state index contributed by atoms with van der Waals surface area (Å²) in [6.45, 7) is 1.84. The van der Waals surface area contributed by atoms with Crippen LogP contribution in [0.3, 0.4) is 0 Å². The van der Waals surface area contributed by atoms with Crippen LogP contribution in [0.2, 0.25) is 0 Å². The van der Waals surface area contributed by atoms with Gasteiger partial charge in [0.25, 0.3) is 11.8 Å². The van der Waals surface area contributed by atoms with Crippen molar-refractivity contribution in [1.29, 1.82) is 0 Å². The predicted octanol–water partition coefficient (Wildman–Crippen LogP) is 1.90. The standard InChI is InChI=1S/C26H28N6O7/c1-14-3-4-16(24(35)29-17-5-6-17)9-20(14)32(26(37)39-13-38-21(34)11-33)23-22-15(2)19(10-31(22)28-12-27-23)25(36)30-18-7-8-18/h3-4,9-10,12,17-18,33H,5-8,11,13H2,1-2H3,(H,29,35)(H,30,36). The van der Waals surface area contributed by atoms with Crippen molar-refractivity contribution in [3.63, 3.8) is 0 Å². The van der Waals surface area contributed by atoms with Crippen LogP contribution in [0.4, 0.5) is 16.3 Å². The maximum Gasteiger partial charge on any atom is 0.423 e. The minimum Gasteiger partial charge on any atom is -0.426 e. The van der Waals surface area contributed by atoms with Crippen molar-refractivity contribution in [3.8, 4) is 0 Å². The maximum absolute atomic E-state index is 13.5. The van der Waals surface area contributed by atoms with E-state index in [2.05, 4.69) is 20.7 Å². The third kappa shape index (κ3) is 5.67. The molecule has 2 saturated carbocycles. The molecule has 0 radical (unpaired) electrons. The second-order valence-electron chi connectivity index (χ2n) is 9.58. The molecule has 0 bridgehead atoms. The molecule has 3 aromatic rings. The van der Waals surface area contributed by atoms with Gasteiger partial charge < -0.3 is 25.2 Å². The molecule has 2 aromatic heterocycles. The molecule has 0 spiro atoms. The van der Waals surface area contributed by atoms with Gasteiger partial charge in [0.1, 0.15) is 18.5 Å². The topological polar surface area (TPSA) is 164 Å². The molecule has 2 aliphatic rings. The van der Waals surface area contributed by atoms with E-state index in [0.29, 0.717) is 33.5 Å². The zero-order valence-electron chi connectivity index (χ0n) is 21.5. The Labute approximate surface area is 223 Å². The number of carbonyl (C=O) groups excluding carboxylic acids is 4. The Kier molecular flexibility index (Phi) is 7.15. The highest BCUT2D eigenvalue weighted by Gasteiger charge is 2.31. The molecular formula is C26H28N6O7. The molecule has 39 heavy (non-hydrogen) atoms. The van der Waals surface area contributed by atoms with E-state index in [0.717, 1.165) is 30.6 Å². The fourth-order valence-electron chi connectivity index (χ4n) is 4.07. The molecule has 2 aliphatic carbocycles. The number of benzene rings is 1. The Bertz CT molecular complexity index is 1460. The summed E-state index contributed by atoms with van der Waals surface area (Å²) in [4.78, 5) is 56.0. The van der Waals surface area contributed by atoms with Gasteiger partial charge in [-0.25, -0.2) is 24.0 Å². The van der Waals surface area contributed by atoms with Crippen LogP contribution in [0.1, 0.15) is 57.5 Å². The van der Waals surface area contributed by atoms with Crippen molar-refractivity contribution in [2.24, 2.45) is 0 Å². The monoisotopic (exact) mass is 536 g/mol. The van der Waals surface area contributed by atoms with Gasteiger partial charge in [0, 0.05) is 23.8 Å². The van der Waals surface area contributed by atoms with Crippen molar-refractivity contribution in [2.45, 2.75) is 51.6 Å². The molecule has 3 N–H and O–H groups in total. The molecule has 0 atom stereocenters. The van der Waals surface area contributed by atoms with Gasteiger partial charge in [-0.05, 0) is 62.8 Å². The lowest BCUT2D eigenvalue weighted by molar-refractivity contribution is -0.154. The summed E-state index contributed by atoms with van der Waals surface area (Å²) in [5, 5.41) is 19.0. The first kappa shape index (κ1) is 26.1. The number of hydrogen-bond acceptors (Lipinski definition) is 9. The van der Waals surface area contributed by atoms with Crippen molar-refractivity contribution in [3.05, 3.63) is 53.0 Å². The van der Waals surface area contributed by atoms with E-state index in [4.69, 9.17) is 14.6 Å². The zero-order chi connectivity index (χ0) is 27.7. The second kappa shape index (κ2) is 10.7. The summed E-state index contributed by atoms with van der Waals surface area (Å²) in [7, 11) is 0. The minimum atomic E-state index is -0.970. The van der Waals surface area contributed by atoms with Crippen molar-refractivity contribution in [2.75, 3.05) is 18.3 Å². The highest BCUT2D eigenvalue weighted by Crippen LogP contribution is 2.34. The first-order chi connectivity index (χ1) is 18.8. The van der Waals surface area contributed by atoms with Crippen molar-refractivity contribution < 1.29 is 33.8 Å². The van der Waals surface area contributed by atoms with E-state index in [-0.39, 0.29) is 29.7 Å². The number of hydrogen-bond donors (Lipinski definition) is 3. The largest absolute Gasteiger partial charge is 0.426 e. The number of ether oxygens (including phenoxy) is 2. The highest BCUT2D eigenvalue weighted by molar-refractivity contribution is 6.05. The number of esters is 1. The zero-order valence-corrected chi connectivity index (χ0v) is 21.5. The third-order valence-corrected chi connectivity index (χ3v) is 6.52. The molecule has 0 aliphatic heterocycles. The van der Waals surface area contributed by atoms with Gasteiger partial charge in [0.15, 0.2) is 5.82 Å². The number of nitrogens with one attached hydrogen (secondary N) is 2. The molecule has 0 saturated heterocycles. The normalized spacial score (nSPS) is 14.5. The Morgan fingerprint density at radius 3 is 2.41 bits per heavy atom. The van der Waals surface area contributed by atoms with E-state index in [1.165, 1.54) is 10.8 Å². The average molecular weight is 537 g/mol. The maximum atomic E-state index is 13.5. The Balaban J connectivity index is 1.57. The Hall–Kier alpha value is -4.52. The average Bonchev–Trinajstić information content (AvgIpc) is 3.86. The molecule has 5 rings (SSSR count). The van der Waals surface area contributed by atoms with Gasteiger partial charge in [-0.1, -0.05) is 6.07 Å². The summed E-state index contributed by atoms with van der Waals surface area (Å²) in [6, 6.07) is 5.18. The van der Waals surface area contributed by atoms with E-state index in [9.17, 15) is 19.2 Å². The number of carbonyl (C=O) groups is 4. The number of amides is 3. The van der Waals surface area contributed by atoms with Crippen LogP contribution in [-0.2, 0) is 14.3 Å². The van der Waals surface area contributed by atoms with Crippen molar-refractivity contribution in [1.82, 2.24) is 25.2 Å². The molecule has 1 aromatic carbocycles. The predicted molar refractivity (Wildman–Crippen MR) is 137 cm³/mol. The number of anilines is 2. The van der Waals surface area contributed by atoms with Gasteiger partial charge in [-0.3, -0.25) is 9.59 Å². The van der Waals surface area contributed by atoms with Crippen molar-refractivity contribution >= 4 is 40.9 Å². The molecule has 0 unspecified atom stereocenters. The number of aliphatic hydroxyl groups is 1. The molecule has 2 heterocycles. The van der Waals surface area contributed by atoms with Gasteiger partial charge in [0.05, 0.1) is 11.3 Å². The number of fused-ring (bicyclic) bond motifs is 1. The molecular weight excluding hydrogens is 508 g/mol. The quantitative estimate of drug-likeness (QED) is 0.274. The summed E-state index contributed by atoms with van der Waals surface area (Å²) in [6.07, 6.45) is 5.51. The third-order valence-electron chi connectivity index (χ3n) is 6.52. The number of aromatic nitrogens is 3. The van der Waals surface area contributed by atoms with E-state index < -0.39 is 25.5 Å². The van der Waals surface area contributed by atoms with Crippen LogP contribution in [0.25, 0.3) is 5.52 Å². The minimum absolute atomic E-state index is 0.0920. The highest BCUT2D eigenvalue weighted by atomic mass is 16.7. The van der Waals surface area contributed by atoms with Gasteiger partial charge in [0.2, 0.25) is 6.79 Å². The summed E-state index contributed by atoms with van der Waals surface area (Å²) in [5.41, 5.74) is 2.53. The van der Waals surface area contributed by atoms with E-state index >= 15 is 0 Å². The molecule has 3 amide bonds. The first-order valence-electron chi connectivity index (χ1n) is 12.6. The Morgan fingerprint density at radius 1 is 1.05 bits per heavy atom. The van der Waals surface area contributed by atoms with E-state index in [1.807, 2.05) is 0 Å².